The molecule has 0 unspecified atom stereocenters. The molecule has 1 fully saturated rings. The standard InChI is InChI=1S/C63H82N14O15S.K/c1-8-37-31(2)42-28-47-54(35(6)78)33(4)44(71-47)26-43-32(3)38(56(73-43)39(25-53(83)92-7)57-55(62(88)67-21-22-93(89,90)91)34(5)45(74-57)27-46(37)70-42)24-50(79)66-19-13-12-17-41-59(85)75-40(18-14-20-68-63(64)65)58(84)69-30-51(80)72-49(29-52(81)82)61(87)77-48(60(86)76-41)23-36-15-10-9-11-16-36;/h9-11,15-16,26-28,31-32,37-38,40-41,48-49,71,74H,8,12-14,17-25,29-30H2,1-7H3,(H,66,79)(H,67,88)(H,69,84)(H,72,80)(H,75,85)(H,76,86)(H,77,87)(H,81,82)(H4,64,65,68)(H,89,90,91);/q;+1/p-1/t31-,32+,37-,38+,40+,41+,48-,49+;/m1./s1. The first-order chi connectivity index (χ1) is 44.1. The Bertz CT molecular complexity index is 3870. The number of unbranched alkanes of at least 4 members (excludes halogenated alkanes) is 1. The van der Waals surface area contributed by atoms with Gasteiger partial charge in [-0.25, -0.2) is 8.42 Å². The molecule has 1 saturated heterocycles. The van der Waals surface area contributed by atoms with Crippen molar-refractivity contribution in [3.63, 3.8) is 0 Å². The van der Waals surface area contributed by atoms with Crippen molar-refractivity contribution >= 4 is 97.2 Å². The molecule has 31 heteroatoms. The number of esters is 1. The van der Waals surface area contributed by atoms with Crippen LogP contribution in [0.1, 0.15) is 168 Å². The van der Waals surface area contributed by atoms with Gasteiger partial charge in [0.15, 0.2) is 11.7 Å². The Labute approximate surface area is 585 Å². The minimum atomic E-state index is -4.75. The molecule has 500 valence electrons. The Morgan fingerprint density at radius 1 is 0.734 bits per heavy atom. The summed E-state index contributed by atoms with van der Waals surface area (Å²) in [7, 11) is -3.57. The third-order valence-corrected chi connectivity index (χ3v) is 17.6. The van der Waals surface area contributed by atoms with E-state index in [1.165, 1.54) is 14.0 Å². The number of aryl methyl sites for hydroxylation is 2. The van der Waals surface area contributed by atoms with Crippen LogP contribution < -0.4 is 100 Å². The van der Waals surface area contributed by atoms with Crippen LogP contribution >= 0.6 is 0 Å². The van der Waals surface area contributed by atoms with Gasteiger partial charge < -0.3 is 73.0 Å². The number of amides is 7. The normalized spacial score (nSPS) is 20.3. The quantitative estimate of drug-likeness (QED) is 0.00792. The van der Waals surface area contributed by atoms with Gasteiger partial charge in [0.2, 0.25) is 35.4 Å². The first kappa shape index (κ1) is 75.1. The molecule has 6 heterocycles. The Hall–Kier alpha value is -7.94. The average molecular weight is 1350 g/mol. The molecule has 3 aliphatic heterocycles. The molecule has 0 saturated carbocycles. The summed E-state index contributed by atoms with van der Waals surface area (Å²) in [4.78, 5) is 158. The molecule has 0 aliphatic carbocycles. The second-order valence-electron chi connectivity index (χ2n) is 23.5. The van der Waals surface area contributed by atoms with E-state index < -0.39 is 131 Å². The predicted octanol–water partition coefficient (Wildman–Crippen LogP) is -1.17. The van der Waals surface area contributed by atoms with E-state index in [0.717, 1.165) is 0 Å². The number of benzene rings is 1. The van der Waals surface area contributed by atoms with E-state index in [0.29, 0.717) is 62.3 Å². The Kier molecular flexibility index (Phi) is 27.1. The number of guanidine groups is 1. The maximum atomic E-state index is 14.5. The maximum Gasteiger partial charge on any atom is 1.00 e. The van der Waals surface area contributed by atoms with Gasteiger partial charge in [0, 0.05) is 95.4 Å². The number of rotatable bonds is 23. The first-order valence-electron chi connectivity index (χ1n) is 30.7. The van der Waals surface area contributed by atoms with Crippen molar-refractivity contribution in [1.82, 2.24) is 57.2 Å². The number of H-pyrrole nitrogens is 2. The van der Waals surface area contributed by atoms with E-state index in [2.05, 4.69) is 52.2 Å². The number of carbonyl (C=O) groups excluding carboxylic acids is 9. The minimum absolute atomic E-state index is 0. The van der Waals surface area contributed by atoms with Crippen LogP contribution in [-0.4, -0.2) is 166 Å². The monoisotopic (exact) mass is 1340 g/mol. The molecule has 14 N–H and O–H groups in total. The molecule has 8 atom stereocenters. The van der Waals surface area contributed by atoms with Crippen molar-refractivity contribution in [2.24, 2.45) is 16.5 Å². The van der Waals surface area contributed by atoms with Gasteiger partial charge in [-0.15, -0.1) is 0 Å². The number of aliphatic imine (C=N–C) groups is 1. The summed E-state index contributed by atoms with van der Waals surface area (Å²) in [6.07, 6.45) is -0.726. The number of carboxylic acids is 1. The van der Waals surface area contributed by atoms with Crippen LogP contribution in [0.3, 0.4) is 0 Å². The number of aromatic amines is 2. The van der Waals surface area contributed by atoms with E-state index in [1.54, 1.807) is 56.3 Å². The SMILES string of the molecule is CC[C@H]1c2cc3[nH]c(c(CC(=O)OC)c4nc(cc5[nH]c(cc(n2)[C@@H]1C)c(C(C)=O)c5C)[C@@H](C)[C@@H]4CC(=O)NCCCC[C@@H]1NC(=O)[C@@H](Cc2ccccc2)NC(=O)[C@H](CC(=O)O)NC(=O)CNC(=O)[C@H](CCCN=C(N)N)NC1=O)c(C(=O)NCCS(=O)(=O)[O-])c3C.[K+]. The fourth-order valence-corrected chi connectivity index (χ4v) is 12.3. The Morgan fingerprint density at radius 3 is 1.98 bits per heavy atom. The minimum Gasteiger partial charge on any atom is -0.748 e. The molecule has 3 aliphatic rings. The molecule has 1 aromatic carbocycles. The van der Waals surface area contributed by atoms with Crippen LogP contribution in [0, 0.1) is 13.8 Å². The fraction of sp³-hybridized carbons (Fsp3) is 0.476. The third kappa shape index (κ3) is 19.8. The van der Waals surface area contributed by atoms with Gasteiger partial charge in [-0.3, -0.25) is 62.9 Å². The second-order valence-corrected chi connectivity index (χ2v) is 25.0. The number of hydrogen-bond donors (Lipinski definition) is 12. The van der Waals surface area contributed by atoms with Crippen molar-refractivity contribution < 1.29 is 122 Å². The molecule has 29 nitrogen and oxygen atoms in total. The van der Waals surface area contributed by atoms with Crippen LogP contribution in [0.15, 0.2) is 53.5 Å². The number of methoxy groups -OCH3 is 1. The van der Waals surface area contributed by atoms with Crippen LogP contribution in [0.4, 0.5) is 0 Å². The summed E-state index contributed by atoms with van der Waals surface area (Å²) in [6, 6.07) is 8.10. The number of aliphatic carboxylic acids is 1. The number of Topliss-reactive ketones (excluding diaryl/α,β-unsaturated/α-hetero) is 1. The van der Waals surface area contributed by atoms with Gasteiger partial charge >= 0.3 is 63.3 Å². The summed E-state index contributed by atoms with van der Waals surface area (Å²) < 4.78 is 40.3. The Balaban J connectivity index is 0.0000140. The maximum absolute atomic E-state index is 14.5. The molecule has 8 bridgehead atoms. The molecule has 0 spiro atoms. The smallest absolute Gasteiger partial charge is 0.748 e. The summed E-state index contributed by atoms with van der Waals surface area (Å²) in [5.74, 6) is -10.9. The van der Waals surface area contributed by atoms with Crippen LogP contribution in [0.25, 0.3) is 22.1 Å². The topological polar surface area (TPSA) is 463 Å². The number of nitrogens with one attached hydrogen (secondary N) is 9. The Morgan fingerprint density at radius 2 is 1.33 bits per heavy atom. The molecule has 3 aromatic heterocycles. The van der Waals surface area contributed by atoms with E-state index >= 15 is 0 Å². The zero-order valence-corrected chi connectivity index (χ0v) is 57.9. The first-order valence-corrected chi connectivity index (χ1v) is 32.3. The van der Waals surface area contributed by atoms with Gasteiger partial charge in [-0.05, 0) is 94.2 Å². The number of ketones is 1. The third-order valence-electron chi connectivity index (χ3n) is 16.9. The van der Waals surface area contributed by atoms with E-state index in [4.69, 9.17) is 26.2 Å². The van der Waals surface area contributed by atoms with Gasteiger partial charge in [0.05, 0.1) is 64.7 Å². The van der Waals surface area contributed by atoms with Gasteiger partial charge in [-0.2, -0.15) is 0 Å². The number of hydrogen-bond acceptors (Lipinski definition) is 17. The molecular weight excluding hydrogens is 1260 g/mol. The number of nitrogens with zero attached hydrogens (tertiary/aromatic N) is 3. The number of carboxylic acid groups (broad SMARTS) is 1. The van der Waals surface area contributed by atoms with Crippen molar-refractivity contribution in [2.45, 2.75) is 154 Å². The molecule has 94 heavy (non-hydrogen) atoms. The number of fused-ring (bicyclic) bond motifs is 8. The molecule has 0 radical (unpaired) electrons. The van der Waals surface area contributed by atoms with E-state index in [9.17, 15) is 66.0 Å². The van der Waals surface area contributed by atoms with Crippen LogP contribution in [0.2, 0.25) is 0 Å². The van der Waals surface area contributed by atoms with Crippen LogP contribution in [0.5, 0.6) is 0 Å². The number of carbonyl (C=O) groups is 10. The van der Waals surface area contributed by atoms with E-state index in [-0.39, 0.29) is 155 Å². The number of ether oxygens (including phenoxy) is 1. The zero-order valence-electron chi connectivity index (χ0n) is 53.9. The van der Waals surface area contributed by atoms with Crippen molar-refractivity contribution in [2.75, 3.05) is 39.0 Å². The zero-order chi connectivity index (χ0) is 68.0. The predicted molar refractivity (Wildman–Crippen MR) is 340 cm³/mol. The van der Waals surface area contributed by atoms with Gasteiger partial charge in [0.25, 0.3) is 5.91 Å². The summed E-state index contributed by atoms with van der Waals surface area (Å²) in [6.45, 7) is 9.61. The summed E-state index contributed by atoms with van der Waals surface area (Å²) in [5.41, 5.74) is 16.7. The van der Waals surface area contributed by atoms with Crippen molar-refractivity contribution in [1.29, 1.82) is 0 Å². The number of aromatic nitrogens is 4. The fourth-order valence-electron chi connectivity index (χ4n) is 11.9. The van der Waals surface area contributed by atoms with Gasteiger partial charge in [0.1, 0.15) is 24.2 Å². The molecular formula is C63H81KN14O15S. The average Bonchev–Trinajstić information content (AvgIpc) is 1.60. The molecule has 4 aromatic rings. The summed E-state index contributed by atoms with van der Waals surface area (Å²) >= 11 is 0. The number of nitrogens with two attached hydrogens (primary N) is 2. The molecule has 7 rings (SSSR count). The summed E-state index contributed by atoms with van der Waals surface area (Å²) in [5, 5.41) is 27.8. The van der Waals surface area contributed by atoms with Gasteiger partial charge in [-0.1, -0.05) is 51.1 Å². The van der Waals surface area contributed by atoms with Crippen molar-refractivity contribution in [3.8, 4) is 0 Å². The second kappa shape index (κ2) is 33.9. The van der Waals surface area contributed by atoms with E-state index in [1.807, 2.05) is 26.8 Å². The van der Waals surface area contributed by atoms with Crippen LogP contribution in [-0.2, 0) is 66.1 Å². The largest absolute Gasteiger partial charge is 1.00 e. The molecule has 7 amide bonds. The van der Waals surface area contributed by atoms with Crippen molar-refractivity contribution in [3.05, 3.63) is 105 Å².